The predicted octanol–water partition coefficient (Wildman–Crippen LogP) is 1.50. The molecule has 1 fully saturated rings. The van der Waals surface area contributed by atoms with Gasteiger partial charge in [0.05, 0.1) is 0 Å². The summed E-state index contributed by atoms with van der Waals surface area (Å²) >= 11 is 0. The van der Waals surface area contributed by atoms with Crippen LogP contribution in [0.5, 0.6) is 0 Å². The topological polar surface area (TPSA) is 53.1 Å². The van der Waals surface area contributed by atoms with Gasteiger partial charge in [-0.3, -0.25) is 0 Å². The molecule has 1 aliphatic heterocycles. The van der Waals surface area contributed by atoms with Crippen LogP contribution in [0.4, 0.5) is 11.6 Å². The Hall–Kier alpha value is -2.14. The first-order valence-corrected chi connectivity index (χ1v) is 6.98. The fraction of sp³-hybridized carbons (Fsp3) is 0.333. The van der Waals surface area contributed by atoms with Crippen molar-refractivity contribution in [1.82, 2.24) is 15.3 Å². The first kappa shape index (κ1) is 12.9. The highest BCUT2D eigenvalue weighted by molar-refractivity contribution is 5.60. The van der Waals surface area contributed by atoms with E-state index in [1.165, 1.54) is 5.56 Å². The van der Waals surface area contributed by atoms with Gasteiger partial charge in [0.1, 0.15) is 0 Å². The summed E-state index contributed by atoms with van der Waals surface area (Å²) in [5.41, 5.74) is 1.24. The van der Waals surface area contributed by atoms with E-state index in [1.807, 2.05) is 18.2 Å². The van der Waals surface area contributed by atoms with Crippen LogP contribution >= 0.6 is 0 Å². The molecule has 1 aliphatic rings. The molecule has 0 atom stereocenters. The van der Waals surface area contributed by atoms with Crippen LogP contribution in [0, 0.1) is 0 Å². The lowest BCUT2D eigenvalue weighted by Crippen LogP contribution is -2.44. The highest BCUT2D eigenvalue weighted by Gasteiger charge is 2.15. The molecule has 0 amide bonds. The smallest absolute Gasteiger partial charge is 0.171 e. The van der Waals surface area contributed by atoms with Gasteiger partial charge in [-0.2, -0.15) is 0 Å². The Kier molecular flexibility index (Phi) is 4.08. The maximum atomic E-state index is 4.49. The zero-order valence-corrected chi connectivity index (χ0v) is 11.4. The summed E-state index contributed by atoms with van der Waals surface area (Å²) in [7, 11) is 0. The number of hydrogen-bond donors (Lipinski definition) is 2. The summed E-state index contributed by atoms with van der Waals surface area (Å²) < 4.78 is 0. The Bertz CT molecular complexity index is 537. The van der Waals surface area contributed by atoms with E-state index >= 15 is 0 Å². The summed E-state index contributed by atoms with van der Waals surface area (Å²) in [4.78, 5) is 11.2. The minimum atomic E-state index is 0.763. The Labute approximate surface area is 119 Å². The van der Waals surface area contributed by atoms with Crippen molar-refractivity contribution >= 4 is 11.6 Å². The Morgan fingerprint density at radius 3 is 2.60 bits per heavy atom. The lowest BCUT2D eigenvalue weighted by Gasteiger charge is -2.29. The molecule has 0 aliphatic carbocycles. The van der Waals surface area contributed by atoms with Gasteiger partial charge in [-0.05, 0) is 5.56 Å². The van der Waals surface area contributed by atoms with Crippen LogP contribution in [0.3, 0.4) is 0 Å². The molecule has 3 rings (SSSR count). The third-order valence-corrected chi connectivity index (χ3v) is 3.40. The Morgan fingerprint density at radius 1 is 1.05 bits per heavy atom. The number of nitrogens with zero attached hydrogens (tertiary/aromatic N) is 3. The Balaban J connectivity index is 1.72. The predicted molar refractivity (Wildman–Crippen MR) is 80.9 cm³/mol. The highest BCUT2D eigenvalue weighted by Crippen LogP contribution is 2.20. The van der Waals surface area contributed by atoms with E-state index in [9.17, 15) is 0 Å². The van der Waals surface area contributed by atoms with Crippen LogP contribution in [-0.2, 0) is 6.54 Å². The van der Waals surface area contributed by atoms with Crippen molar-refractivity contribution in [3.05, 3.63) is 48.3 Å². The van der Waals surface area contributed by atoms with Crippen LogP contribution in [0.1, 0.15) is 5.56 Å². The molecular formula is C15H19N5. The molecule has 0 unspecified atom stereocenters. The number of hydrogen-bond acceptors (Lipinski definition) is 5. The summed E-state index contributed by atoms with van der Waals surface area (Å²) in [6.45, 7) is 4.69. The van der Waals surface area contributed by atoms with Crippen molar-refractivity contribution in [2.45, 2.75) is 6.54 Å². The normalized spacial score (nSPS) is 15.1. The van der Waals surface area contributed by atoms with Gasteiger partial charge in [0.15, 0.2) is 11.6 Å². The monoisotopic (exact) mass is 269 g/mol. The van der Waals surface area contributed by atoms with E-state index in [0.29, 0.717) is 0 Å². The first-order chi connectivity index (χ1) is 9.93. The first-order valence-electron chi connectivity index (χ1n) is 6.98. The maximum absolute atomic E-state index is 4.49. The molecular weight excluding hydrogens is 250 g/mol. The number of piperazine rings is 1. The molecule has 5 heteroatoms. The fourth-order valence-electron chi connectivity index (χ4n) is 2.35. The molecule has 0 radical (unpaired) electrons. The summed E-state index contributed by atoms with van der Waals surface area (Å²) in [6, 6.07) is 10.3. The van der Waals surface area contributed by atoms with Crippen LogP contribution < -0.4 is 15.5 Å². The van der Waals surface area contributed by atoms with Gasteiger partial charge >= 0.3 is 0 Å². The van der Waals surface area contributed by atoms with Crippen LogP contribution in [-0.4, -0.2) is 36.1 Å². The lowest BCUT2D eigenvalue weighted by atomic mass is 10.2. The fourth-order valence-corrected chi connectivity index (χ4v) is 2.35. The summed E-state index contributed by atoms with van der Waals surface area (Å²) in [5.74, 6) is 1.81. The number of rotatable bonds is 4. The van der Waals surface area contributed by atoms with Crippen molar-refractivity contribution in [2.24, 2.45) is 0 Å². The third-order valence-electron chi connectivity index (χ3n) is 3.40. The zero-order valence-electron chi connectivity index (χ0n) is 11.4. The van der Waals surface area contributed by atoms with Crippen molar-refractivity contribution < 1.29 is 0 Å². The van der Waals surface area contributed by atoms with Gasteiger partial charge in [0.25, 0.3) is 0 Å². The summed E-state index contributed by atoms with van der Waals surface area (Å²) in [6.07, 6.45) is 3.49. The molecule has 2 heterocycles. The van der Waals surface area contributed by atoms with Gasteiger partial charge in [0.2, 0.25) is 0 Å². The average molecular weight is 269 g/mol. The molecule has 0 spiro atoms. The minimum absolute atomic E-state index is 0.763. The van der Waals surface area contributed by atoms with Gasteiger partial charge in [0, 0.05) is 45.1 Å². The minimum Gasteiger partial charge on any atom is -0.363 e. The number of anilines is 2. The van der Waals surface area contributed by atoms with E-state index in [4.69, 9.17) is 0 Å². The maximum Gasteiger partial charge on any atom is 0.171 e. The molecule has 2 N–H and O–H groups in total. The Morgan fingerprint density at radius 2 is 1.80 bits per heavy atom. The molecule has 20 heavy (non-hydrogen) atoms. The van der Waals surface area contributed by atoms with Crippen molar-refractivity contribution in [1.29, 1.82) is 0 Å². The third kappa shape index (κ3) is 3.05. The lowest BCUT2D eigenvalue weighted by molar-refractivity contribution is 0.584. The molecule has 1 saturated heterocycles. The number of aromatic nitrogens is 2. The van der Waals surface area contributed by atoms with Gasteiger partial charge in [-0.25, -0.2) is 9.97 Å². The van der Waals surface area contributed by atoms with E-state index in [0.717, 1.165) is 44.4 Å². The van der Waals surface area contributed by atoms with Crippen LogP contribution in [0.2, 0.25) is 0 Å². The van der Waals surface area contributed by atoms with E-state index in [2.05, 4.69) is 37.6 Å². The molecule has 2 aromatic rings. The largest absolute Gasteiger partial charge is 0.363 e. The van der Waals surface area contributed by atoms with E-state index in [1.54, 1.807) is 12.4 Å². The molecule has 0 bridgehead atoms. The second-order valence-electron chi connectivity index (χ2n) is 4.80. The molecule has 104 valence electrons. The standard InChI is InChI=1S/C15H19N5/c1-2-4-13(5-3-1)12-19-14-15(18-7-6-17-14)20-10-8-16-9-11-20/h1-7,16H,8-12H2,(H,17,19). The molecule has 5 nitrogen and oxygen atoms in total. The molecule has 1 aromatic heterocycles. The van der Waals surface area contributed by atoms with E-state index in [-0.39, 0.29) is 0 Å². The number of benzene rings is 1. The second kappa shape index (κ2) is 6.34. The summed E-state index contributed by atoms with van der Waals surface area (Å²) in [5, 5.41) is 6.74. The van der Waals surface area contributed by atoms with E-state index < -0.39 is 0 Å². The second-order valence-corrected chi connectivity index (χ2v) is 4.80. The van der Waals surface area contributed by atoms with Crippen molar-refractivity contribution in [3.8, 4) is 0 Å². The number of nitrogens with one attached hydrogen (secondary N) is 2. The van der Waals surface area contributed by atoms with Gasteiger partial charge in [-0.15, -0.1) is 0 Å². The van der Waals surface area contributed by atoms with Crippen molar-refractivity contribution in [3.63, 3.8) is 0 Å². The van der Waals surface area contributed by atoms with Gasteiger partial charge in [-0.1, -0.05) is 30.3 Å². The molecule has 1 aromatic carbocycles. The average Bonchev–Trinajstić information content (AvgIpc) is 2.55. The quantitative estimate of drug-likeness (QED) is 0.881. The van der Waals surface area contributed by atoms with Crippen molar-refractivity contribution in [2.75, 3.05) is 36.4 Å². The zero-order chi connectivity index (χ0) is 13.6. The van der Waals surface area contributed by atoms with Crippen LogP contribution in [0.25, 0.3) is 0 Å². The SMILES string of the molecule is c1ccc(CNc2nccnc2N2CCNCC2)cc1. The highest BCUT2D eigenvalue weighted by atomic mass is 15.3. The molecule has 0 saturated carbocycles. The van der Waals surface area contributed by atoms with Gasteiger partial charge < -0.3 is 15.5 Å². The van der Waals surface area contributed by atoms with Crippen LogP contribution in [0.15, 0.2) is 42.7 Å².